The number of ketones is 2. The number of hydrogen-bond acceptors (Lipinski definition) is 3. The predicted octanol–water partition coefficient (Wildman–Crippen LogP) is 3.08. The minimum atomic E-state index is -0.117. The summed E-state index contributed by atoms with van der Waals surface area (Å²) in [5, 5.41) is 0. The number of fused-ring (bicyclic) bond motifs is 2. The highest BCUT2D eigenvalue weighted by Crippen LogP contribution is 2.34. The average Bonchev–Trinajstić information content (AvgIpc) is 2.44. The Labute approximate surface area is 123 Å². The Kier molecular flexibility index (Phi) is 2.89. The molecule has 0 heterocycles. The zero-order valence-corrected chi connectivity index (χ0v) is 12.2. The minimum Gasteiger partial charge on any atom is -0.496 e. The van der Waals surface area contributed by atoms with E-state index < -0.39 is 0 Å². The van der Waals surface area contributed by atoms with Crippen LogP contribution < -0.4 is 4.74 Å². The maximum Gasteiger partial charge on any atom is 0.195 e. The summed E-state index contributed by atoms with van der Waals surface area (Å²) >= 11 is 2.05. The summed E-state index contributed by atoms with van der Waals surface area (Å²) in [6.45, 7) is 0. The van der Waals surface area contributed by atoms with Crippen LogP contribution in [-0.4, -0.2) is 18.7 Å². The van der Waals surface area contributed by atoms with Crippen molar-refractivity contribution < 1.29 is 14.3 Å². The molecule has 2 aromatic rings. The van der Waals surface area contributed by atoms with Gasteiger partial charge in [-0.25, -0.2) is 0 Å². The van der Waals surface area contributed by atoms with Gasteiger partial charge in [0, 0.05) is 16.7 Å². The van der Waals surface area contributed by atoms with Gasteiger partial charge in [0.05, 0.1) is 16.2 Å². The summed E-state index contributed by atoms with van der Waals surface area (Å²) in [4.78, 5) is 24.9. The predicted molar refractivity (Wildman–Crippen MR) is 79.0 cm³/mol. The molecule has 0 aliphatic heterocycles. The van der Waals surface area contributed by atoms with Crippen molar-refractivity contribution in [1.82, 2.24) is 0 Å². The van der Waals surface area contributed by atoms with Gasteiger partial charge in [0.15, 0.2) is 11.6 Å². The van der Waals surface area contributed by atoms with E-state index in [1.54, 1.807) is 43.5 Å². The molecule has 0 atom stereocenters. The van der Waals surface area contributed by atoms with Crippen LogP contribution >= 0.6 is 22.6 Å². The first-order valence-electron chi connectivity index (χ1n) is 5.70. The van der Waals surface area contributed by atoms with Gasteiger partial charge in [0.2, 0.25) is 0 Å². The van der Waals surface area contributed by atoms with E-state index in [2.05, 4.69) is 0 Å². The summed E-state index contributed by atoms with van der Waals surface area (Å²) in [6.07, 6.45) is 0. The second kappa shape index (κ2) is 4.45. The standard InChI is InChI=1S/C15H9IO3/c1-19-11-7-6-10-12(13(11)16)15(18)9-5-3-2-4-8(9)14(10)17/h2-7H,1H3. The van der Waals surface area contributed by atoms with Crippen molar-refractivity contribution in [3.05, 3.63) is 62.2 Å². The third kappa shape index (κ3) is 1.70. The van der Waals surface area contributed by atoms with Crippen molar-refractivity contribution in [3.8, 4) is 5.75 Å². The molecular formula is C15H9IO3. The summed E-state index contributed by atoms with van der Waals surface area (Å²) < 4.78 is 5.90. The van der Waals surface area contributed by atoms with Crippen LogP contribution in [0.25, 0.3) is 0 Å². The number of methoxy groups -OCH3 is 1. The fourth-order valence-electron chi connectivity index (χ4n) is 2.28. The van der Waals surface area contributed by atoms with Gasteiger partial charge in [-0.2, -0.15) is 0 Å². The molecule has 0 bridgehead atoms. The summed E-state index contributed by atoms with van der Waals surface area (Å²) in [7, 11) is 1.55. The monoisotopic (exact) mass is 364 g/mol. The Bertz CT molecular complexity index is 719. The van der Waals surface area contributed by atoms with Crippen LogP contribution in [-0.2, 0) is 0 Å². The Hall–Kier alpha value is -1.69. The fourth-order valence-corrected chi connectivity index (χ4v) is 3.22. The molecule has 0 radical (unpaired) electrons. The SMILES string of the molecule is COc1ccc2c(c1I)C(=O)c1ccccc1C2=O. The third-order valence-corrected chi connectivity index (χ3v) is 4.29. The highest BCUT2D eigenvalue weighted by molar-refractivity contribution is 14.1. The van der Waals surface area contributed by atoms with Crippen molar-refractivity contribution in [3.63, 3.8) is 0 Å². The number of carbonyl (C=O) groups excluding carboxylic acids is 2. The molecule has 0 aromatic heterocycles. The van der Waals surface area contributed by atoms with Crippen LogP contribution in [0.1, 0.15) is 31.8 Å². The Morgan fingerprint density at radius 2 is 1.53 bits per heavy atom. The van der Waals surface area contributed by atoms with Gasteiger partial charge in [0.1, 0.15) is 5.75 Å². The molecular weight excluding hydrogens is 355 g/mol. The second-order valence-corrected chi connectivity index (χ2v) is 5.29. The molecule has 1 aliphatic rings. The highest BCUT2D eigenvalue weighted by Gasteiger charge is 2.31. The Morgan fingerprint density at radius 3 is 2.16 bits per heavy atom. The summed E-state index contributed by atoms with van der Waals surface area (Å²) in [5.41, 5.74) is 1.84. The molecule has 0 saturated carbocycles. The number of benzene rings is 2. The van der Waals surface area contributed by atoms with Gasteiger partial charge in [-0.1, -0.05) is 24.3 Å². The maximum atomic E-state index is 12.5. The van der Waals surface area contributed by atoms with Crippen molar-refractivity contribution >= 4 is 34.2 Å². The molecule has 0 saturated heterocycles. The summed E-state index contributed by atoms with van der Waals surface area (Å²) in [6, 6.07) is 10.3. The molecule has 2 aromatic carbocycles. The molecule has 4 heteroatoms. The van der Waals surface area contributed by atoms with Gasteiger partial charge in [0.25, 0.3) is 0 Å². The van der Waals surface area contributed by atoms with E-state index in [-0.39, 0.29) is 11.6 Å². The third-order valence-electron chi connectivity index (χ3n) is 3.21. The molecule has 3 nitrogen and oxygen atoms in total. The molecule has 19 heavy (non-hydrogen) atoms. The van der Waals surface area contributed by atoms with Crippen molar-refractivity contribution in [2.24, 2.45) is 0 Å². The lowest BCUT2D eigenvalue weighted by Crippen LogP contribution is -2.22. The first kappa shape index (κ1) is 12.3. The van der Waals surface area contributed by atoms with E-state index in [0.29, 0.717) is 31.6 Å². The molecule has 94 valence electrons. The number of rotatable bonds is 1. The van der Waals surface area contributed by atoms with Crippen molar-refractivity contribution in [1.29, 1.82) is 0 Å². The van der Waals surface area contributed by atoms with Gasteiger partial charge < -0.3 is 4.74 Å². The lowest BCUT2D eigenvalue weighted by Gasteiger charge is -2.19. The first-order valence-corrected chi connectivity index (χ1v) is 6.78. The van der Waals surface area contributed by atoms with Crippen LogP contribution in [0.15, 0.2) is 36.4 Å². The van der Waals surface area contributed by atoms with Crippen molar-refractivity contribution in [2.45, 2.75) is 0 Å². The lowest BCUT2D eigenvalue weighted by atomic mass is 9.84. The molecule has 0 amide bonds. The topological polar surface area (TPSA) is 43.4 Å². The van der Waals surface area contributed by atoms with Crippen LogP contribution in [0.5, 0.6) is 5.75 Å². The van der Waals surface area contributed by atoms with E-state index in [4.69, 9.17) is 4.74 Å². The molecule has 1 aliphatic carbocycles. The second-order valence-electron chi connectivity index (χ2n) is 4.21. The molecule has 0 unspecified atom stereocenters. The van der Waals surface area contributed by atoms with Crippen LogP contribution in [0.3, 0.4) is 0 Å². The van der Waals surface area contributed by atoms with Gasteiger partial charge >= 0.3 is 0 Å². The van der Waals surface area contributed by atoms with E-state index >= 15 is 0 Å². The normalized spacial score (nSPS) is 12.9. The number of halogens is 1. The lowest BCUT2D eigenvalue weighted by molar-refractivity contribution is 0.0978. The van der Waals surface area contributed by atoms with Crippen LogP contribution in [0.4, 0.5) is 0 Å². The van der Waals surface area contributed by atoms with Crippen LogP contribution in [0.2, 0.25) is 0 Å². The zero-order chi connectivity index (χ0) is 13.6. The molecule has 0 spiro atoms. The van der Waals surface area contributed by atoms with Crippen LogP contribution in [0, 0.1) is 3.57 Å². The smallest absolute Gasteiger partial charge is 0.195 e. The van der Waals surface area contributed by atoms with E-state index in [1.165, 1.54) is 0 Å². The number of carbonyl (C=O) groups is 2. The minimum absolute atomic E-state index is 0.106. The van der Waals surface area contributed by atoms with Gasteiger partial charge in [-0.05, 0) is 34.7 Å². The Morgan fingerprint density at radius 1 is 0.895 bits per heavy atom. The maximum absolute atomic E-state index is 12.5. The number of ether oxygens (including phenoxy) is 1. The Balaban J connectivity index is 2.33. The zero-order valence-electron chi connectivity index (χ0n) is 10.1. The largest absolute Gasteiger partial charge is 0.496 e. The fraction of sp³-hybridized carbons (Fsp3) is 0.0667. The number of hydrogen-bond donors (Lipinski definition) is 0. The van der Waals surface area contributed by atoms with Gasteiger partial charge in [-0.3, -0.25) is 9.59 Å². The quantitative estimate of drug-likeness (QED) is 0.624. The van der Waals surface area contributed by atoms with Gasteiger partial charge in [-0.15, -0.1) is 0 Å². The van der Waals surface area contributed by atoms with E-state index in [0.717, 1.165) is 0 Å². The summed E-state index contributed by atoms with van der Waals surface area (Å²) in [5.74, 6) is 0.388. The first-order chi connectivity index (χ1) is 9.15. The van der Waals surface area contributed by atoms with E-state index in [1.807, 2.05) is 22.6 Å². The van der Waals surface area contributed by atoms with E-state index in [9.17, 15) is 9.59 Å². The average molecular weight is 364 g/mol. The highest BCUT2D eigenvalue weighted by atomic mass is 127. The molecule has 0 N–H and O–H groups in total. The molecule has 3 rings (SSSR count). The van der Waals surface area contributed by atoms with Crippen molar-refractivity contribution in [2.75, 3.05) is 7.11 Å². The molecule has 0 fully saturated rings.